The number of carbonyl (C=O) groups excluding carboxylic acids is 1. The van der Waals surface area contributed by atoms with Gasteiger partial charge in [0.05, 0.1) is 19.8 Å². The molecule has 2 aromatic rings. The highest BCUT2D eigenvalue weighted by Crippen LogP contribution is 2.15. The Hall–Kier alpha value is -2.42. The van der Waals surface area contributed by atoms with Gasteiger partial charge in [-0.1, -0.05) is 12.1 Å². The molecular formula is C22H31N5O2S. The van der Waals surface area contributed by atoms with Gasteiger partial charge in [0.15, 0.2) is 5.96 Å². The van der Waals surface area contributed by atoms with Gasteiger partial charge in [0.2, 0.25) is 5.91 Å². The second-order valence-corrected chi connectivity index (χ2v) is 8.26. The molecule has 0 aliphatic carbocycles. The van der Waals surface area contributed by atoms with Gasteiger partial charge < -0.3 is 20.7 Å². The summed E-state index contributed by atoms with van der Waals surface area (Å²) in [5, 5.41) is 11.8. The van der Waals surface area contributed by atoms with Gasteiger partial charge in [-0.05, 0) is 41.6 Å². The molecule has 0 spiro atoms. The molecule has 1 fully saturated rings. The Balaban J connectivity index is 1.43. The Morgan fingerprint density at radius 1 is 1.20 bits per heavy atom. The third kappa shape index (κ3) is 7.12. The van der Waals surface area contributed by atoms with Crippen LogP contribution in [-0.4, -0.2) is 56.7 Å². The van der Waals surface area contributed by atoms with Gasteiger partial charge in [0.25, 0.3) is 0 Å². The van der Waals surface area contributed by atoms with E-state index in [0.717, 1.165) is 56.6 Å². The minimum Gasteiger partial charge on any atom is -0.379 e. The Morgan fingerprint density at radius 3 is 2.73 bits per heavy atom. The molecule has 3 rings (SSSR count). The number of morpholine rings is 1. The van der Waals surface area contributed by atoms with E-state index in [1.165, 1.54) is 10.4 Å². The largest absolute Gasteiger partial charge is 0.379 e. The Kier molecular flexibility index (Phi) is 8.67. The number of ether oxygens (including phenoxy) is 1. The number of guanidine groups is 1. The molecule has 1 saturated heterocycles. The second kappa shape index (κ2) is 11.7. The van der Waals surface area contributed by atoms with Crippen LogP contribution < -0.4 is 16.0 Å². The minimum atomic E-state index is 0.0374. The van der Waals surface area contributed by atoms with Crippen LogP contribution in [0.5, 0.6) is 0 Å². The van der Waals surface area contributed by atoms with E-state index in [9.17, 15) is 4.79 Å². The monoisotopic (exact) mass is 429 g/mol. The average molecular weight is 430 g/mol. The van der Waals surface area contributed by atoms with Crippen LogP contribution in [0.2, 0.25) is 0 Å². The first-order chi connectivity index (χ1) is 14.6. The van der Waals surface area contributed by atoms with Crippen LogP contribution in [0.4, 0.5) is 5.69 Å². The lowest BCUT2D eigenvalue weighted by atomic mass is 10.2. The number of nitrogens with one attached hydrogen (secondary N) is 3. The zero-order valence-corrected chi connectivity index (χ0v) is 18.6. The maximum Gasteiger partial charge on any atom is 0.225 e. The van der Waals surface area contributed by atoms with E-state index in [4.69, 9.17) is 4.74 Å². The molecule has 3 N–H and O–H groups in total. The Morgan fingerprint density at radius 2 is 2.00 bits per heavy atom. The fraction of sp³-hybridized carbons (Fsp3) is 0.455. The first kappa shape index (κ1) is 22.3. The van der Waals surface area contributed by atoms with E-state index in [0.29, 0.717) is 13.0 Å². The smallest absolute Gasteiger partial charge is 0.225 e. The summed E-state index contributed by atoms with van der Waals surface area (Å²) < 4.78 is 5.34. The molecule has 1 aromatic carbocycles. The quantitative estimate of drug-likeness (QED) is 0.444. The maximum absolute atomic E-state index is 12.3. The molecule has 1 aromatic heterocycles. The van der Waals surface area contributed by atoms with E-state index in [-0.39, 0.29) is 5.91 Å². The SMILES string of the molecule is CN=C(NCc1cccc(NC(=O)CCN2CCOCC2)c1)NCc1sccc1C. The summed E-state index contributed by atoms with van der Waals surface area (Å²) in [6.45, 7) is 7.56. The molecule has 0 atom stereocenters. The van der Waals surface area contributed by atoms with Crippen LogP contribution >= 0.6 is 11.3 Å². The number of amides is 1. The first-order valence-electron chi connectivity index (χ1n) is 10.3. The van der Waals surface area contributed by atoms with Crippen LogP contribution in [0.15, 0.2) is 40.7 Å². The van der Waals surface area contributed by atoms with Crippen molar-refractivity contribution in [2.75, 3.05) is 45.2 Å². The standard InChI is InChI=1S/C22H31N5O2S/c1-17-7-13-30-20(17)16-25-22(23-2)24-15-18-4-3-5-19(14-18)26-21(28)6-8-27-9-11-29-12-10-27/h3-5,7,13-14H,6,8-12,15-16H2,1-2H3,(H,26,28)(H2,23,24,25). The molecular weight excluding hydrogens is 398 g/mol. The van der Waals surface area contributed by atoms with Crippen LogP contribution in [0.1, 0.15) is 22.4 Å². The number of benzene rings is 1. The average Bonchev–Trinajstić information content (AvgIpc) is 3.18. The molecule has 1 aliphatic heterocycles. The number of hydrogen-bond acceptors (Lipinski definition) is 5. The van der Waals surface area contributed by atoms with Crippen LogP contribution in [0.3, 0.4) is 0 Å². The molecule has 162 valence electrons. The summed E-state index contributed by atoms with van der Waals surface area (Å²) in [4.78, 5) is 20.1. The molecule has 1 amide bonds. The van der Waals surface area contributed by atoms with E-state index in [1.54, 1.807) is 18.4 Å². The predicted octanol–water partition coefficient (Wildman–Crippen LogP) is 2.58. The molecule has 30 heavy (non-hydrogen) atoms. The van der Waals surface area contributed by atoms with Crippen molar-refractivity contribution < 1.29 is 9.53 Å². The lowest BCUT2D eigenvalue weighted by Crippen LogP contribution is -2.38. The zero-order chi connectivity index (χ0) is 21.2. The van der Waals surface area contributed by atoms with Crippen molar-refractivity contribution in [2.24, 2.45) is 4.99 Å². The zero-order valence-electron chi connectivity index (χ0n) is 17.7. The van der Waals surface area contributed by atoms with E-state index < -0.39 is 0 Å². The molecule has 2 heterocycles. The summed E-state index contributed by atoms with van der Waals surface area (Å²) in [5.41, 5.74) is 3.19. The summed E-state index contributed by atoms with van der Waals surface area (Å²) in [5.74, 6) is 0.790. The number of rotatable bonds is 8. The fourth-order valence-corrected chi connectivity index (χ4v) is 4.07. The van der Waals surface area contributed by atoms with Crippen LogP contribution in [-0.2, 0) is 22.6 Å². The maximum atomic E-state index is 12.3. The summed E-state index contributed by atoms with van der Waals surface area (Å²) >= 11 is 1.74. The van der Waals surface area contributed by atoms with Crippen molar-refractivity contribution in [2.45, 2.75) is 26.4 Å². The number of aryl methyl sites for hydroxylation is 1. The molecule has 1 aliphatic rings. The molecule has 0 unspecified atom stereocenters. The minimum absolute atomic E-state index is 0.0374. The van der Waals surface area contributed by atoms with Crippen molar-refractivity contribution in [1.82, 2.24) is 15.5 Å². The normalized spacial score (nSPS) is 15.1. The van der Waals surface area contributed by atoms with E-state index >= 15 is 0 Å². The van der Waals surface area contributed by atoms with E-state index in [1.807, 2.05) is 24.3 Å². The topological polar surface area (TPSA) is 78.0 Å². The Labute approximate surface area is 182 Å². The Bertz CT molecular complexity index is 846. The highest BCUT2D eigenvalue weighted by Gasteiger charge is 2.12. The van der Waals surface area contributed by atoms with Gasteiger partial charge in [-0.25, -0.2) is 0 Å². The highest BCUT2D eigenvalue weighted by atomic mass is 32.1. The highest BCUT2D eigenvalue weighted by molar-refractivity contribution is 7.10. The predicted molar refractivity (Wildman–Crippen MR) is 123 cm³/mol. The molecule has 0 radical (unpaired) electrons. The number of anilines is 1. The lowest BCUT2D eigenvalue weighted by Gasteiger charge is -2.26. The number of thiophene rings is 1. The third-order valence-corrected chi connectivity index (χ3v) is 6.06. The van der Waals surface area contributed by atoms with Gasteiger partial charge in [0, 0.05) is 50.2 Å². The fourth-order valence-electron chi connectivity index (χ4n) is 3.22. The van der Waals surface area contributed by atoms with Crippen molar-refractivity contribution in [3.63, 3.8) is 0 Å². The third-order valence-electron chi connectivity index (χ3n) is 5.04. The van der Waals surface area contributed by atoms with E-state index in [2.05, 4.69) is 44.2 Å². The first-order valence-corrected chi connectivity index (χ1v) is 11.2. The summed E-state index contributed by atoms with van der Waals surface area (Å²) in [6.07, 6.45) is 0.487. The van der Waals surface area contributed by atoms with Gasteiger partial charge in [-0.2, -0.15) is 0 Å². The van der Waals surface area contributed by atoms with Gasteiger partial charge in [0.1, 0.15) is 0 Å². The van der Waals surface area contributed by atoms with Crippen molar-refractivity contribution in [3.8, 4) is 0 Å². The van der Waals surface area contributed by atoms with Crippen LogP contribution in [0.25, 0.3) is 0 Å². The number of aliphatic imine (C=N–C) groups is 1. The summed E-state index contributed by atoms with van der Waals surface area (Å²) in [6, 6.07) is 10.0. The van der Waals surface area contributed by atoms with Gasteiger partial charge in [-0.3, -0.25) is 14.7 Å². The van der Waals surface area contributed by atoms with Crippen molar-refractivity contribution in [3.05, 3.63) is 51.7 Å². The van der Waals surface area contributed by atoms with Crippen LogP contribution in [0, 0.1) is 6.92 Å². The number of hydrogen-bond donors (Lipinski definition) is 3. The van der Waals surface area contributed by atoms with Crippen molar-refractivity contribution in [1.29, 1.82) is 0 Å². The lowest BCUT2D eigenvalue weighted by molar-refractivity contribution is -0.116. The molecule has 8 heteroatoms. The van der Waals surface area contributed by atoms with Gasteiger partial charge in [-0.15, -0.1) is 11.3 Å². The summed E-state index contributed by atoms with van der Waals surface area (Å²) in [7, 11) is 1.77. The molecule has 7 nitrogen and oxygen atoms in total. The number of nitrogens with zero attached hydrogens (tertiary/aromatic N) is 2. The van der Waals surface area contributed by atoms with Gasteiger partial charge >= 0.3 is 0 Å². The number of carbonyl (C=O) groups is 1. The molecule has 0 bridgehead atoms. The second-order valence-electron chi connectivity index (χ2n) is 7.26. The van der Waals surface area contributed by atoms with Crippen molar-refractivity contribution >= 4 is 28.9 Å². The molecule has 0 saturated carbocycles.